The number of rotatable bonds is 3. The van der Waals surface area contributed by atoms with Crippen LogP contribution in [0.4, 0.5) is 4.79 Å². The summed E-state index contributed by atoms with van der Waals surface area (Å²) in [6.45, 7) is 5.37. The van der Waals surface area contributed by atoms with Crippen LogP contribution in [0.2, 0.25) is 0 Å². The van der Waals surface area contributed by atoms with Crippen molar-refractivity contribution < 1.29 is 14.7 Å². The number of carboxylic acids is 1. The highest BCUT2D eigenvalue weighted by Gasteiger charge is 2.33. The lowest BCUT2D eigenvalue weighted by Gasteiger charge is -2.29. The Morgan fingerprint density at radius 3 is 2.31 bits per heavy atom. The lowest BCUT2D eigenvalue weighted by molar-refractivity contribution is -0.141. The fourth-order valence-electron chi connectivity index (χ4n) is 1.09. The zero-order valence-electron chi connectivity index (χ0n) is 10.1. The maximum Gasteiger partial charge on any atom is 0.326 e. The van der Waals surface area contributed by atoms with Crippen LogP contribution in [0.15, 0.2) is 0 Å². The van der Waals surface area contributed by atoms with Crippen LogP contribution in [0.3, 0.4) is 0 Å². The van der Waals surface area contributed by atoms with E-state index in [0.717, 1.165) is 0 Å². The molecule has 0 saturated heterocycles. The van der Waals surface area contributed by atoms with Gasteiger partial charge in [0.15, 0.2) is 0 Å². The highest BCUT2D eigenvalue weighted by atomic mass is 16.4. The van der Waals surface area contributed by atoms with Gasteiger partial charge in [0, 0.05) is 7.05 Å². The van der Waals surface area contributed by atoms with Crippen LogP contribution in [-0.2, 0) is 4.79 Å². The molecule has 0 bridgehead atoms. The Balaban J connectivity index is 4.61. The summed E-state index contributed by atoms with van der Waals surface area (Å²) in [4.78, 5) is 23.8. The van der Waals surface area contributed by atoms with Gasteiger partial charge in [0.05, 0.1) is 6.54 Å². The van der Waals surface area contributed by atoms with Gasteiger partial charge in [-0.1, -0.05) is 26.7 Å². The van der Waals surface area contributed by atoms with Crippen molar-refractivity contribution in [2.24, 2.45) is 5.41 Å². The summed E-state index contributed by atoms with van der Waals surface area (Å²) >= 11 is 0. The molecule has 90 valence electrons. The lowest BCUT2D eigenvalue weighted by Crippen LogP contribution is -2.52. The van der Waals surface area contributed by atoms with Crippen LogP contribution in [0.1, 0.15) is 20.8 Å². The number of amides is 2. The standard InChI is InChI=1S/C11H18N2O3/c1-6-7-13(5)10(16)12-8(9(14)15)11(2,3)4/h1,8H,7H2,2-5H3,(H,12,16)(H,14,15). The maximum atomic E-state index is 11.6. The van der Waals surface area contributed by atoms with Gasteiger partial charge in [-0.15, -0.1) is 6.42 Å². The number of hydrogen-bond donors (Lipinski definition) is 2. The first-order valence-corrected chi connectivity index (χ1v) is 4.88. The molecule has 2 N–H and O–H groups in total. The van der Waals surface area contributed by atoms with E-state index in [9.17, 15) is 9.59 Å². The summed E-state index contributed by atoms with van der Waals surface area (Å²) in [6.07, 6.45) is 5.06. The van der Waals surface area contributed by atoms with E-state index in [2.05, 4.69) is 11.2 Å². The lowest BCUT2D eigenvalue weighted by atomic mass is 9.87. The molecular formula is C11H18N2O3. The Bertz CT molecular complexity index is 312. The Labute approximate surface area is 95.8 Å². The van der Waals surface area contributed by atoms with E-state index in [1.807, 2.05) is 0 Å². The van der Waals surface area contributed by atoms with Crippen LogP contribution >= 0.6 is 0 Å². The molecule has 0 aliphatic heterocycles. The monoisotopic (exact) mass is 226 g/mol. The van der Waals surface area contributed by atoms with Gasteiger partial charge in [-0.05, 0) is 5.41 Å². The Morgan fingerprint density at radius 2 is 2.00 bits per heavy atom. The van der Waals surface area contributed by atoms with E-state index in [1.165, 1.54) is 11.9 Å². The van der Waals surface area contributed by atoms with Gasteiger partial charge in [-0.25, -0.2) is 9.59 Å². The molecule has 0 aliphatic carbocycles. The van der Waals surface area contributed by atoms with E-state index in [4.69, 9.17) is 11.5 Å². The predicted octanol–water partition coefficient (Wildman–Crippen LogP) is 0.760. The molecule has 0 aromatic rings. The van der Waals surface area contributed by atoms with Gasteiger partial charge in [0.1, 0.15) is 6.04 Å². The number of carboxylic acid groups (broad SMARTS) is 1. The molecule has 1 atom stereocenters. The largest absolute Gasteiger partial charge is 0.480 e. The SMILES string of the molecule is C#CCN(C)C(=O)NC(C(=O)O)C(C)(C)C. The maximum absolute atomic E-state index is 11.6. The van der Waals surface area contributed by atoms with E-state index >= 15 is 0 Å². The molecule has 16 heavy (non-hydrogen) atoms. The second-order valence-electron chi connectivity index (χ2n) is 4.65. The number of urea groups is 1. The van der Waals surface area contributed by atoms with Crippen molar-refractivity contribution in [3.05, 3.63) is 0 Å². The summed E-state index contributed by atoms with van der Waals surface area (Å²) in [6, 6.07) is -1.43. The van der Waals surface area contributed by atoms with Gasteiger partial charge in [0.2, 0.25) is 0 Å². The van der Waals surface area contributed by atoms with Crippen LogP contribution in [-0.4, -0.2) is 41.6 Å². The van der Waals surface area contributed by atoms with Crippen molar-refractivity contribution in [3.63, 3.8) is 0 Å². The first-order valence-electron chi connectivity index (χ1n) is 4.88. The number of carbonyl (C=O) groups excluding carboxylic acids is 1. The first kappa shape index (κ1) is 14.3. The van der Waals surface area contributed by atoms with Crippen molar-refractivity contribution in [3.8, 4) is 12.3 Å². The molecule has 0 aromatic carbocycles. The normalized spacial score (nSPS) is 12.4. The van der Waals surface area contributed by atoms with E-state index < -0.39 is 23.5 Å². The fourth-order valence-corrected chi connectivity index (χ4v) is 1.09. The second kappa shape index (κ2) is 5.40. The van der Waals surface area contributed by atoms with E-state index in [-0.39, 0.29) is 6.54 Å². The average Bonchev–Trinajstić information content (AvgIpc) is 2.11. The average molecular weight is 226 g/mol. The highest BCUT2D eigenvalue weighted by molar-refractivity contribution is 5.83. The minimum absolute atomic E-state index is 0.141. The Hall–Kier alpha value is -1.70. The molecule has 0 spiro atoms. The summed E-state index contributed by atoms with van der Waals surface area (Å²) < 4.78 is 0. The smallest absolute Gasteiger partial charge is 0.326 e. The topological polar surface area (TPSA) is 69.6 Å². The van der Waals surface area contributed by atoms with Crippen LogP contribution in [0.5, 0.6) is 0 Å². The quantitative estimate of drug-likeness (QED) is 0.698. The van der Waals surface area contributed by atoms with Gasteiger partial charge in [0.25, 0.3) is 0 Å². The van der Waals surface area contributed by atoms with Crippen LogP contribution in [0, 0.1) is 17.8 Å². The highest BCUT2D eigenvalue weighted by Crippen LogP contribution is 2.19. The summed E-state index contributed by atoms with van der Waals surface area (Å²) in [5, 5.41) is 11.4. The molecule has 0 saturated carbocycles. The third kappa shape index (κ3) is 4.22. The third-order valence-electron chi connectivity index (χ3n) is 2.06. The van der Waals surface area contributed by atoms with Crippen molar-refractivity contribution in [1.29, 1.82) is 0 Å². The van der Waals surface area contributed by atoms with Crippen LogP contribution in [0.25, 0.3) is 0 Å². The number of terminal acetylenes is 1. The molecule has 0 rings (SSSR count). The molecule has 5 heteroatoms. The Morgan fingerprint density at radius 1 is 1.50 bits per heavy atom. The van der Waals surface area contributed by atoms with Crippen molar-refractivity contribution in [2.45, 2.75) is 26.8 Å². The minimum Gasteiger partial charge on any atom is -0.480 e. The van der Waals surface area contributed by atoms with Gasteiger partial charge >= 0.3 is 12.0 Å². The zero-order chi connectivity index (χ0) is 12.9. The third-order valence-corrected chi connectivity index (χ3v) is 2.06. The minimum atomic E-state index is -1.06. The summed E-state index contributed by atoms with van der Waals surface area (Å²) in [5.41, 5.74) is -0.557. The first-order chi connectivity index (χ1) is 7.20. The number of aliphatic carboxylic acids is 1. The molecule has 0 heterocycles. The zero-order valence-corrected chi connectivity index (χ0v) is 10.1. The van der Waals surface area contributed by atoms with Gasteiger partial charge in [-0.2, -0.15) is 0 Å². The number of carbonyl (C=O) groups is 2. The second-order valence-corrected chi connectivity index (χ2v) is 4.65. The molecular weight excluding hydrogens is 208 g/mol. The van der Waals surface area contributed by atoms with Crippen molar-refractivity contribution >= 4 is 12.0 Å². The molecule has 0 radical (unpaired) electrons. The number of nitrogens with zero attached hydrogens (tertiary/aromatic N) is 1. The van der Waals surface area contributed by atoms with E-state index in [1.54, 1.807) is 20.8 Å². The fraction of sp³-hybridized carbons (Fsp3) is 0.636. The molecule has 1 unspecified atom stereocenters. The molecule has 2 amide bonds. The summed E-state index contributed by atoms with van der Waals surface area (Å²) in [7, 11) is 1.51. The van der Waals surface area contributed by atoms with Gasteiger partial charge in [-0.3, -0.25) is 0 Å². The van der Waals surface area contributed by atoms with Gasteiger partial charge < -0.3 is 15.3 Å². The summed E-state index contributed by atoms with van der Waals surface area (Å²) in [5.74, 6) is 1.25. The number of hydrogen-bond acceptors (Lipinski definition) is 2. The number of nitrogens with one attached hydrogen (secondary N) is 1. The molecule has 0 aromatic heterocycles. The van der Waals surface area contributed by atoms with E-state index in [0.29, 0.717) is 0 Å². The van der Waals surface area contributed by atoms with Crippen LogP contribution < -0.4 is 5.32 Å². The molecule has 5 nitrogen and oxygen atoms in total. The van der Waals surface area contributed by atoms with Crippen molar-refractivity contribution in [1.82, 2.24) is 10.2 Å². The molecule has 0 fully saturated rings. The van der Waals surface area contributed by atoms with Crippen molar-refractivity contribution in [2.75, 3.05) is 13.6 Å². The Kier molecular flexibility index (Phi) is 4.83. The predicted molar refractivity (Wildman–Crippen MR) is 60.9 cm³/mol. The molecule has 0 aliphatic rings.